The minimum Gasteiger partial charge on any atom is -0.468 e. The number of rotatable bonds is 7. The third kappa shape index (κ3) is 5.57. The highest BCUT2D eigenvalue weighted by Gasteiger charge is 2.17. The molecule has 2 aromatic carbocycles. The highest BCUT2D eigenvalue weighted by atomic mass is 35.5. The maximum absolute atomic E-state index is 14.3. The number of hydrogen-bond donors (Lipinski definition) is 0. The first-order chi connectivity index (χ1) is 14.7. The van der Waals surface area contributed by atoms with Crippen LogP contribution in [0.5, 0.6) is 0 Å². The summed E-state index contributed by atoms with van der Waals surface area (Å²) < 4.78 is 45.5. The summed E-state index contributed by atoms with van der Waals surface area (Å²) in [5.74, 6) is -1.98. The zero-order chi connectivity index (χ0) is 22.6. The van der Waals surface area contributed by atoms with Gasteiger partial charge in [0.2, 0.25) is 5.91 Å². The Morgan fingerprint density at radius 2 is 1.90 bits per heavy atom. The third-order valence-corrected chi connectivity index (χ3v) is 7.48. The van der Waals surface area contributed by atoms with E-state index in [1.54, 1.807) is 6.07 Å². The zero-order valence-corrected chi connectivity index (χ0v) is 18.8. The number of hydrogen-bond acceptors (Lipinski definition) is 6. The normalized spacial score (nSPS) is 12.3. The van der Waals surface area contributed by atoms with E-state index >= 15 is 0 Å². The number of carbonyl (C=O) groups is 2. The molecule has 164 valence electrons. The fourth-order valence-electron chi connectivity index (χ4n) is 2.85. The monoisotopic (exact) mass is 484 g/mol. The van der Waals surface area contributed by atoms with Gasteiger partial charge in [0.05, 0.1) is 28.0 Å². The van der Waals surface area contributed by atoms with E-state index in [0.717, 1.165) is 11.3 Å². The predicted octanol–water partition coefficient (Wildman–Crippen LogP) is 3.35. The van der Waals surface area contributed by atoms with Gasteiger partial charge in [0.1, 0.15) is 12.4 Å². The van der Waals surface area contributed by atoms with Gasteiger partial charge in [0, 0.05) is 11.4 Å². The van der Waals surface area contributed by atoms with Gasteiger partial charge in [0.25, 0.3) is 0 Å². The van der Waals surface area contributed by atoms with Crippen LogP contribution in [-0.4, -0.2) is 37.7 Å². The number of ether oxygens (including phenoxy) is 1. The smallest absolute Gasteiger partial charge is 0.325 e. The number of fused-ring (bicyclic) bond motifs is 1. The first-order valence-corrected chi connectivity index (χ1v) is 12.0. The van der Waals surface area contributed by atoms with Crippen LogP contribution in [0.3, 0.4) is 0 Å². The van der Waals surface area contributed by atoms with Gasteiger partial charge in [-0.15, -0.1) is 0 Å². The van der Waals surface area contributed by atoms with E-state index < -0.39 is 27.5 Å². The molecule has 1 heterocycles. The summed E-state index contributed by atoms with van der Waals surface area (Å²) in [7, 11) is -2.36. The van der Waals surface area contributed by atoms with Crippen LogP contribution in [0.2, 0.25) is 5.02 Å². The SMILES string of the molecule is COC(=O)Cn1c(=NC(=O)CCCS(=O)(=O)c2ccc(Cl)cc2)sc2cccc(F)c21. The quantitative estimate of drug-likeness (QED) is 0.479. The number of halogens is 2. The summed E-state index contributed by atoms with van der Waals surface area (Å²) in [4.78, 5) is 28.3. The van der Waals surface area contributed by atoms with E-state index in [4.69, 9.17) is 11.6 Å². The summed E-state index contributed by atoms with van der Waals surface area (Å²) in [5, 5.41) is 0.424. The molecule has 0 atom stereocenters. The van der Waals surface area contributed by atoms with Crippen molar-refractivity contribution >= 4 is 54.9 Å². The van der Waals surface area contributed by atoms with Crippen molar-refractivity contribution in [2.45, 2.75) is 24.3 Å². The Labute approximate surface area is 186 Å². The molecule has 0 aliphatic rings. The number of amides is 1. The molecule has 0 unspecified atom stereocenters. The minimum absolute atomic E-state index is 0.0591. The first kappa shape index (κ1) is 23.1. The molecule has 0 bridgehead atoms. The van der Waals surface area contributed by atoms with E-state index in [1.165, 1.54) is 48.1 Å². The van der Waals surface area contributed by atoms with E-state index in [-0.39, 0.29) is 40.4 Å². The van der Waals surface area contributed by atoms with Crippen molar-refractivity contribution in [1.29, 1.82) is 0 Å². The molecule has 11 heteroatoms. The maximum atomic E-state index is 14.3. The number of sulfone groups is 1. The Hall–Kier alpha value is -2.56. The van der Waals surface area contributed by atoms with Gasteiger partial charge < -0.3 is 9.30 Å². The standard InChI is InChI=1S/C20H18ClFN2O5S2/c1-29-18(26)12-24-19-15(22)4-2-5-16(19)30-20(24)23-17(25)6-3-11-31(27,28)14-9-7-13(21)8-10-14/h2,4-5,7-10H,3,6,11-12H2,1H3. The second-order valence-electron chi connectivity index (χ2n) is 6.52. The molecule has 7 nitrogen and oxygen atoms in total. The Bertz CT molecular complexity index is 1300. The Morgan fingerprint density at radius 1 is 1.19 bits per heavy atom. The average Bonchev–Trinajstić information content (AvgIpc) is 3.06. The Kier molecular flexibility index (Phi) is 7.24. The highest BCUT2D eigenvalue weighted by molar-refractivity contribution is 7.91. The Balaban J connectivity index is 1.79. The van der Waals surface area contributed by atoms with Crippen molar-refractivity contribution < 1.29 is 27.1 Å². The lowest BCUT2D eigenvalue weighted by molar-refractivity contribution is -0.141. The molecular weight excluding hydrogens is 467 g/mol. The fourth-order valence-corrected chi connectivity index (χ4v) is 5.35. The minimum atomic E-state index is -3.57. The molecule has 31 heavy (non-hydrogen) atoms. The lowest BCUT2D eigenvalue weighted by Crippen LogP contribution is -2.23. The largest absolute Gasteiger partial charge is 0.468 e. The first-order valence-electron chi connectivity index (χ1n) is 9.12. The van der Waals surface area contributed by atoms with Gasteiger partial charge in [-0.05, 0) is 42.8 Å². The summed E-state index contributed by atoms with van der Waals surface area (Å²) in [6.07, 6.45) is -0.0642. The number of nitrogens with zero attached hydrogens (tertiary/aromatic N) is 2. The van der Waals surface area contributed by atoms with Crippen LogP contribution >= 0.6 is 22.9 Å². The van der Waals surface area contributed by atoms with Gasteiger partial charge in [-0.1, -0.05) is 29.0 Å². The van der Waals surface area contributed by atoms with Gasteiger partial charge >= 0.3 is 5.97 Å². The average molecular weight is 485 g/mol. The van der Waals surface area contributed by atoms with E-state index in [2.05, 4.69) is 9.73 Å². The number of aromatic nitrogens is 1. The van der Waals surface area contributed by atoms with Gasteiger partial charge in [0.15, 0.2) is 14.6 Å². The van der Waals surface area contributed by atoms with Crippen molar-refractivity contribution in [3.05, 3.63) is 58.1 Å². The molecule has 1 amide bonds. The molecule has 3 aromatic rings. The topological polar surface area (TPSA) is 94.8 Å². The van der Waals surface area contributed by atoms with Crippen molar-refractivity contribution in [1.82, 2.24) is 4.57 Å². The molecule has 0 fully saturated rings. The zero-order valence-electron chi connectivity index (χ0n) is 16.4. The molecule has 1 aromatic heterocycles. The van der Waals surface area contributed by atoms with Crippen LogP contribution in [0.15, 0.2) is 52.4 Å². The van der Waals surface area contributed by atoms with Crippen molar-refractivity contribution in [2.24, 2.45) is 4.99 Å². The van der Waals surface area contributed by atoms with Gasteiger partial charge in [-0.25, -0.2) is 12.8 Å². The molecule has 0 radical (unpaired) electrons. The van der Waals surface area contributed by atoms with Gasteiger partial charge in [-0.3, -0.25) is 9.59 Å². The molecule has 0 aliphatic heterocycles. The van der Waals surface area contributed by atoms with Crippen LogP contribution in [0, 0.1) is 5.82 Å². The number of thiazole rings is 1. The lowest BCUT2D eigenvalue weighted by atomic mass is 10.3. The Morgan fingerprint density at radius 3 is 2.58 bits per heavy atom. The predicted molar refractivity (Wildman–Crippen MR) is 115 cm³/mol. The number of benzene rings is 2. The third-order valence-electron chi connectivity index (χ3n) is 4.36. The van der Waals surface area contributed by atoms with Crippen LogP contribution < -0.4 is 4.80 Å². The summed E-state index contributed by atoms with van der Waals surface area (Å²) in [6, 6.07) is 10.2. The molecule has 3 rings (SSSR count). The van der Waals surface area contributed by atoms with Crippen LogP contribution in [0.25, 0.3) is 10.2 Å². The van der Waals surface area contributed by atoms with Crippen molar-refractivity contribution in [3.63, 3.8) is 0 Å². The molecule has 0 spiro atoms. The summed E-state index contributed by atoms with van der Waals surface area (Å²) >= 11 is 6.82. The van der Waals surface area contributed by atoms with Crippen LogP contribution in [-0.2, 0) is 30.7 Å². The highest BCUT2D eigenvalue weighted by Crippen LogP contribution is 2.21. The number of carbonyl (C=O) groups excluding carboxylic acids is 2. The second-order valence-corrected chi connectivity index (χ2v) is 10.1. The maximum Gasteiger partial charge on any atom is 0.325 e. The van der Waals surface area contributed by atoms with Crippen LogP contribution in [0.1, 0.15) is 12.8 Å². The molecular formula is C20H18ClFN2O5S2. The van der Waals surface area contributed by atoms with Crippen LogP contribution in [0.4, 0.5) is 4.39 Å². The van der Waals surface area contributed by atoms with Crippen molar-refractivity contribution in [2.75, 3.05) is 12.9 Å². The number of methoxy groups -OCH3 is 1. The molecule has 0 aliphatic carbocycles. The number of para-hydroxylation sites is 1. The number of esters is 1. The van der Waals surface area contributed by atoms with Gasteiger partial charge in [-0.2, -0.15) is 4.99 Å². The molecule has 0 saturated heterocycles. The fraction of sp³-hybridized carbons (Fsp3) is 0.250. The summed E-state index contributed by atoms with van der Waals surface area (Å²) in [6.45, 7) is -0.311. The molecule has 0 saturated carbocycles. The second kappa shape index (κ2) is 9.71. The summed E-state index contributed by atoms with van der Waals surface area (Å²) in [5.41, 5.74) is 0.148. The molecule has 0 N–H and O–H groups in total. The lowest BCUT2D eigenvalue weighted by Gasteiger charge is -2.05. The van der Waals surface area contributed by atoms with Crippen molar-refractivity contribution in [3.8, 4) is 0 Å². The van der Waals surface area contributed by atoms with E-state index in [1.807, 2.05) is 0 Å². The van der Waals surface area contributed by atoms with E-state index in [9.17, 15) is 22.4 Å². The van der Waals surface area contributed by atoms with E-state index in [0.29, 0.717) is 9.72 Å².